The number of rotatable bonds is 2. The molecule has 0 aromatic heterocycles. The number of allylic oxidation sites excluding steroid dienone is 5. The van der Waals surface area contributed by atoms with Crippen molar-refractivity contribution < 1.29 is 14.3 Å². The molecule has 0 saturated carbocycles. The number of hydrogen-bond donors (Lipinski definition) is 0. The highest BCUT2D eigenvalue weighted by Crippen LogP contribution is 2.33. The van der Waals surface area contributed by atoms with Gasteiger partial charge in [-0.15, -0.1) is 0 Å². The van der Waals surface area contributed by atoms with E-state index in [0.717, 1.165) is 16.7 Å². The van der Waals surface area contributed by atoms with E-state index in [1.807, 2.05) is 37.3 Å². The van der Waals surface area contributed by atoms with E-state index in [0.29, 0.717) is 12.2 Å². The monoisotopic (exact) mass is 230 g/mol. The molecule has 3 nitrogen and oxygen atoms in total. The molecule has 0 amide bonds. The average molecular weight is 230 g/mol. The van der Waals surface area contributed by atoms with Crippen LogP contribution in [-0.2, 0) is 14.3 Å². The Labute approximate surface area is 100 Å². The van der Waals surface area contributed by atoms with Crippen LogP contribution in [-0.4, -0.2) is 19.7 Å². The Bertz CT molecular complexity index is 488. The van der Waals surface area contributed by atoms with Crippen molar-refractivity contribution in [3.63, 3.8) is 0 Å². The average Bonchev–Trinajstić information content (AvgIpc) is 2.78. The highest BCUT2D eigenvalue weighted by atomic mass is 16.5. The van der Waals surface area contributed by atoms with Gasteiger partial charge in [-0.3, -0.25) is 0 Å². The van der Waals surface area contributed by atoms with E-state index in [-0.39, 0.29) is 5.97 Å². The maximum Gasteiger partial charge on any atom is 0.341 e. The van der Waals surface area contributed by atoms with E-state index in [9.17, 15) is 4.79 Å². The summed E-state index contributed by atoms with van der Waals surface area (Å²) in [6, 6.07) is 0. The Morgan fingerprint density at radius 3 is 3.00 bits per heavy atom. The predicted molar refractivity (Wildman–Crippen MR) is 65.1 cm³/mol. The van der Waals surface area contributed by atoms with Crippen LogP contribution < -0.4 is 0 Å². The van der Waals surface area contributed by atoms with Crippen molar-refractivity contribution in [3.8, 4) is 0 Å². The van der Waals surface area contributed by atoms with E-state index < -0.39 is 0 Å². The zero-order valence-electron chi connectivity index (χ0n) is 9.90. The molecule has 1 heterocycles. The second-order valence-electron chi connectivity index (χ2n) is 3.71. The summed E-state index contributed by atoms with van der Waals surface area (Å²) in [6.07, 6.45) is 11.3. The van der Waals surface area contributed by atoms with E-state index in [4.69, 9.17) is 9.47 Å². The third-order valence-corrected chi connectivity index (χ3v) is 2.70. The van der Waals surface area contributed by atoms with Crippen LogP contribution in [0.25, 0.3) is 0 Å². The molecule has 3 heteroatoms. The summed E-state index contributed by atoms with van der Waals surface area (Å²) in [7, 11) is 1.37. The second kappa shape index (κ2) is 4.87. The molecule has 1 aliphatic carbocycles. The SMILES string of the molecule is C/C=C/C=C1\C=CC2=C1COC=C2C(=O)OC. The number of hydrogen-bond acceptors (Lipinski definition) is 3. The molecule has 0 saturated heterocycles. The van der Waals surface area contributed by atoms with Crippen molar-refractivity contribution in [2.24, 2.45) is 0 Å². The summed E-state index contributed by atoms with van der Waals surface area (Å²) < 4.78 is 10.0. The van der Waals surface area contributed by atoms with Crippen molar-refractivity contribution in [1.82, 2.24) is 0 Å². The van der Waals surface area contributed by atoms with Gasteiger partial charge in [0.25, 0.3) is 0 Å². The maximum atomic E-state index is 11.6. The minimum atomic E-state index is -0.367. The molecule has 0 N–H and O–H groups in total. The Morgan fingerprint density at radius 1 is 1.47 bits per heavy atom. The van der Waals surface area contributed by atoms with Crippen LogP contribution in [0.4, 0.5) is 0 Å². The van der Waals surface area contributed by atoms with Crippen molar-refractivity contribution in [2.75, 3.05) is 13.7 Å². The Kier molecular flexibility index (Phi) is 3.28. The van der Waals surface area contributed by atoms with E-state index in [1.165, 1.54) is 13.4 Å². The topological polar surface area (TPSA) is 35.5 Å². The fourth-order valence-electron chi connectivity index (χ4n) is 1.84. The smallest absolute Gasteiger partial charge is 0.341 e. The maximum absolute atomic E-state index is 11.6. The van der Waals surface area contributed by atoms with Crippen LogP contribution in [0.2, 0.25) is 0 Å². The number of esters is 1. The minimum Gasteiger partial charge on any atom is -0.496 e. The van der Waals surface area contributed by atoms with Crippen LogP contribution >= 0.6 is 0 Å². The zero-order valence-corrected chi connectivity index (χ0v) is 9.90. The van der Waals surface area contributed by atoms with Gasteiger partial charge < -0.3 is 9.47 Å². The molecule has 2 aliphatic rings. The molecule has 0 radical (unpaired) electrons. The number of carbonyl (C=O) groups excluding carboxylic acids is 1. The van der Waals surface area contributed by atoms with Crippen LogP contribution in [0.15, 0.2) is 58.9 Å². The molecular weight excluding hydrogens is 216 g/mol. The first-order valence-corrected chi connectivity index (χ1v) is 5.43. The van der Waals surface area contributed by atoms with Crippen molar-refractivity contribution in [1.29, 1.82) is 0 Å². The third-order valence-electron chi connectivity index (χ3n) is 2.70. The third kappa shape index (κ3) is 2.09. The van der Waals surface area contributed by atoms with E-state index in [1.54, 1.807) is 0 Å². The summed E-state index contributed by atoms with van der Waals surface area (Å²) >= 11 is 0. The Morgan fingerprint density at radius 2 is 2.29 bits per heavy atom. The summed E-state index contributed by atoms with van der Waals surface area (Å²) in [6.45, 7) is 2.45. The lowest BCUT2D eigenvalue weighted by atomic mass is 10.00. The predicted octanol–water partition coefficient (Wildman–Crippen LogP) is 2.44. The van der Waals surface area contributed by atoms with Gasteiger partial charge in [-0.2, -0.15) is 0 Å². The molecule has 0 atom stereocenters. The van der Waals surface area contributed by atoms with Gasteiger partial charge in [-0.1, -0.05) is 30.4 Å². The highest BCUT2D eigenvalue weighted by molar-refractivity contribution is 5.95. The van der Waals surface area contributed by atoms with Gasteiger partial charge in [0.2, 0.25) is 0 Å². The summed E-state index contributed by atoms with van der Waals surface area (Å²) in [5.41, 5.74) is 3.49. The lowest BCUT2D eigenvalue weighted by Crippen LogP contribution is -2.13. The van der Waals surface area contributed by atoms with Crippen LogP contribution in [0.1, 0.15) is 6.92 Å². The minimum absolute atomic E-state index is 0.367. The van der Waals surface area contributed by atoms with Crippen LogP contribution in [0, 0.1) is 0 Å². The van der Waals surface area contributed by atoms with Gasteiger partial charge in [0.1, 0.15) is 12.2 Å². The molecule has 0 spiro atoms. The van der Waals surface area contributed by atoms with Crippen LogP contribution in [0.3, 0.4) is 0 Å². The first kappa shape index (κ1) is 11.5. The molecule has 88 valence electrons. The summed E-state index contributed by atoms with van der Waals surface area (Å²) in [5, 5.41) is 0. The van der Waals surface area contributed by atoms with Gasteiger partial charge >= 0.3 is 5.97 Å². The first-order valence-electron chi connectivity index (χ1n) is 5.43. The number of ether oxygens (including phenoxy) is 2. The van der Waals surface area contributed by atoms with Gasteiger partial charge in [0.15, 0.2) is 0 Å². The molecule has 0 unspecified atom stereocenters. The molecule has 0 bridgehead atoms. The molecule has 17 heavy (non-hydrogen) atoms. The standard InChI is InChI=1S/C14H14O3/c1-3-4-5-10-6-7-11-12(10)8-17-9-13(11)14(15)16-2/h3-7,9H,8H2,1-2H3/b4-3+,10-5+. The zero-order chi connectivity index (χ0) is 12.3. The van der Waals surface area contributed by atoms with Gasteiger partial charge in [-0.25, -0.2) is 4.79 Å². The van der Waals surface area contributed by atoms with E-state index in [2.05, 4.69) is 0 Å². The lowest BCUT2D eigenvalue weighted by Gasteiger charge is -2.15. The van der Waals surface area contributed by atoms with E-state index >= 15 is 0 Å². The van der Waals surface area contributed by atoms with Crippen molar-refractivity contribution in [3.05, 3.63) is 58.9 Å². The lowest BCUT2D eigenvalue weighted by molar-refractivity contribution is -0.136. The number of methoxy groups -OCH3 is 1. The second-order valence-corrected chi connectivity index (χ2v) is 3.71. The Hall–Kier alpha value is -2.03. The van der Waals surface area contributed by atoms with Crippen molar-refractivity contribution in [2.45, 2.75) is 6.92 Å². The molecule has 1 aliphatic heterocycles. The molecule has 0 aromatic rings. The molecule has 2 rings (SSSR count). The normalized spacial score (nSPS) is 20.6. The number of carbonyl (C=O) groups is 1. The fraction of sp³-hybridized carbons (Fsp3) is 0.214. The largest absolute Gasteiger partial charge is 0.496 e. The fourth-order valence-corrected chi connectivity index (χ4v) is 1.84. The Balaban J connectivity index is 2.36. The molecule has 0 aromatic carbocycles. The summed E-state index contributed by atoms with van der Waals surface area (Å²) in [5.74, 6) is -0.367. The van der Waals surface area contributed by atoms with Crippen LogP contribution in [0.5, 0.6) is 0 Å². The highest BCUT2D eigenvalue weighted by Gasteiger charge is 2.25. The van der Waals surface area contributed by atoms with Gasteiger partial charge in [-0.05, 0) is 18.1 Å². The first-order chi connectivity index (χ1) is 8.27. The summed E-state index contributed by atoms with van der Waals surface area (Å²) in [4.78, 5) is 11.6. The van der Waals surface area contributed by atoms with Crippen molar-refractivity contribution >= 4 is 5.97 Å². The molecular formula is C14H14O3. The quantitative estimate of drug-likeness (QED) is 0.683. The van der Waals surface area contributed by atoms with Gasteiger partial charge in [0, 0.05) is 5.57 Å². The van der Waals surface area contributed by atoms with Gasteiger partial charge in [0.05, 0.1) is 13.4 Å². The molecule has 0 fully saturated rings.